The highest BCUT2D eigenvalue weighted by Crippen LogP contribution is 2.29. The third-order valence-electron chi connectivity index (χ3n) is 3.74. The van der Waals surface area contributed by atoms with Crippen LogP contribution in [-0.2, 0) is 10.9 Å². The van der Waals surface area contributed by atoms with Gasteiger partial charge in [-0.15, -0.1) is 0 Å². The number of hydrogen-bond acceptors (Lipinski definition) is 2. The summed E-state index contributed by atoms with van der Waals surface area (Å²) in [5.74, 6) is 0.0902. The lowest BCUT2D eigenvalue weighted by Gasteiger charge is -2.25. The molecular formula is C16H20F3NO2. The van der Waals surface area contributed by atoms with Crippen LogP contribution in [0, 0.1) is 5.92 Å². The smallest absolute Gasteiger partial charge is 0.381 e. The Labute approximate surface area is 128 Å². The topological polar surface area (TPSA) is 29.5 Å². The van der Waals surface area contributed by atoms with Crippen molar-refractivity contribution in [2.75, 3.05) is 26.3 Å². The van der Waals surface area contributed by atoms with Gasteiger partial charge in [-0.3, -0.25) is 4.79 Å². The third kappa shape index (κ3) is 4.22. The highest BCUT2D eigenvalue weighted by molar-refractivity contribution is 5.94. The molecule has 0 spiro atoms. The zero-order valence-electron chi connectivity index (χ0n) is 12.5. The minimum atomic E-state index is -4.38. The summed E-state index contributed by atoms with van der Waals surface area (Å²) in [5.41, 5.74) is -0.448. The molecule has 1 aliphatic heterocycles. The number of rotatable bonds is 5. The molecule has 122 valence electrons. The van der Waals surface area contributed by atoms with Gasteiger partial charge in [-0.1, -0.05) is 6.92 Å². The summed E-state index contributed by atoms with van der Waals surface area (Å²) in [7, 11) is 0. The summed E-state index contributed by atoms with van der Waals surface area (Å²) in [6.07, 6.45) is -2.66. The van der Waals surface area contributed by atoms with Crippen molar-refractivity contribution in [3.63, 3.8) is 0 Å². The number of halogens is 3. The lowest BCUT2D eigenvalue weighted by atomic mass is 10.1. The van der Waals surface area contributed by atoms with E-state index in [1.54, 1.807) is 4.90 Å². The molecule has 0 aromatic heterocycles. The predicted molar refractivity (Wildman–Crippen MR) is 76.6 cm³/mol. The summed E-state index contributed by atoms with van der Waals surface area (Å²) < 4.78 is 43.0. The summed E-state index contributed by atoms with van der Waals surface area (Å²) in [6, 6.07) is 4.41. The van der Waals surface area contributed by atoms with E-state index >= 15 is 0 Å². The Kier molecular flexibility index (Phi) is 5.45. The molecule has 22 heavy (non-hydrogen) atoms. The maximum atomic E-state index is 12.6. The minimum Gasteiger partial charge on any atom is -0.381 e. The van der Waals surface area contributed by atoms with Gasteiger partial charge in [-0.2, -0.15) is 13.2 Å². The van der Waals surface area contributed by atoms with Crippen molar-refractivity contribution < 1.29 is 22.7 Å². The molecular weight excluding hydrogens is 295 g/mol. The molecule has 1 amide bonds. The number of amides is 1. The van der Waals surface area contributed by atoms with Crippen LogP contribution < -0.4 is 0 Å². The van der Waals surface area contributed by atoms with Gasteiger partial charge in [-0.05, 0) is 37.1 Å². The van der Waals surface area contributed by atoms with Gasteiger partial charge in [0, 0.05) is 31.2 Å². The van der Waals surface area contributed by atoms with Crippen LogP contribution in [0.3, 0.4) is 0 Å². The molecule has 0 aliphatic carbocycles. The molecule has 1 aromatic rings. The Hall–Kier alpha value is -1.56. The van der Waals surface area contributed by atoms with Gasteiger partial charge in [0.2, 0.25) is 0 Å². The highest BCUT2D eigenvalue weighted by atomic mass is 19.4. The second-order valence-electron chi connectivity index (χ2n) is 5.56. The van der Waals surface area contributed by atoms with Crippen LogP contribution in [0.1, 0.15) is 35.7 Å². The molecule has 6 heteroatoms. The molecule has 0 N–H and O–H groups in total. The molecule has 3 nitrogen and oxygen atoms in total. The Morgan fingerprint density at radius 2 is 2.00 bits per heavy atom. The number of nitrogens with zero attached hydrogens (tertiary/aromatic N) is 1. The third-order valence-corrected chi connectivity index (χ3v) is 3.74. The van der Waals surface area contributed by atoms with Gasteiger partial charge in [0.25, 0.3) is 5.91 Å². The van der Waals surface area contributed by atoms with E-state index in [0.717, 1.165) is 25.0 Å². The van der Waals surface area contributed by atoms with E-state index in [0.29, 0.717) is 37.8 Å². The summed E-state index contributed by atoms with van der Waals surface area (Å²) >= 11 is 0. The van der Waals surface area contributed by atoms with E-state index in [-0.39, 0.29) is 5.91 Å². The van der Waals surface area contributed by atoms with Gasteiger partial charge >= 0.3 is 6.18 Å². The van der Waals surface area contributed by atoms with Gasteiger partial charge in [-0.25, -0.2) is 0 Å². The second kappa shape index (κ2) is 7.13. The largest absolute Gasteiger partial charge is 0.416 e. The number of hydrogen-bond donors (Lipinski definition) is 0. The van der Waals surface area contributed by atoms with Crippen LogP contribution in [-0.4, -0.2) is 37.1 Å². The van der Waals surface area contributed by atoms with Crippen molar-refractivity contribution in [3.8, 4) is 0 Å². The molecule has 0 radical (unpaired) electrons. The molecule has 1 saturated heterocycles. The molecule has 1 fully saturated rings. The first-order chi connectivity index (χ1) is 10.4. The molecule has 0 saturated carbocycles. The SMILES string of the molecule is CCCN(CC1CCOC1)C(=O)c1ccc(C(F)(F)F)cc1. The predicted octanol–water partition coefficient (Wildman–Crippen LogP) is 3.59. The number of benzene rings is 1. The highest BCUT2D eigenvalue weighted by Gasteiger charge is 2.30. The van der Waals surface area contributed by atoms with E-state index in [4.69, 9.17) is 4.74 Å². The average Bonchev–Trinajstić information content (AvgIpc) is 2.98. The molecule has 1 atom stereocenters. The van der Waals surface area contributed by atoms with Crippen molar-refractivity contribution in [2.45, 2.75) is 25.9 Å². The Balaban J connectivity index is 2.08. The molecule has 1 unspecified atom stereocenters. The number of carbonyl (C=O) groups is 1. The van der Waals surface area contributed by atoms with E-state index in [2.05, 4.69) is 0 Å². The maximum Gasteiger partial charge on any atom is 0.416 e. The molecule has 2 rings (SSSR count). The van der Waals surface area contributed by atoms with Gasteiger partial charge in [0.15, 0.2) is 0 Å². The van der Waals surface area contributed by atoms with Crippen molar-refractivity contribution in [3.05, 3.63) is 35.4 Å². The monoisotopic (exact) mass is 315 g/mol. The summed E-state index contributed by atoms with van der Waals surface area (Å²) in [4.78, 5) is 14.2. The molecule has 1 heterocycles. The van der Waals surface area contributed by atoms with Crippen molar-refractivity contribution in [1.82, 2.24) is 4.90 Å². The Bertz CT molecular complexity index is 493. The number of carbonyl (C=O) groups excluding carboxylic acids is 1. The van der Waals surface area contributed by atoms with Crippen LogP contribution >= 0.6 is 0 Å². The van der Waals surface area contributed by atoms with Crippen molar-refractivity contribution >= 4 is 5.91 Å². The minimum absolute atomic E-state index is 0.220. The summed E-state index contributed by atoms with van der Waals surface area (Å²) in [6.45, 7) is 4.50. The first-order valence-corrected chi connectivity index (χ1v) is 7.46. The Morgan fingerprint density at radius 3 is 2.50 bits per heavy atom. The average molecular weight is 315 g/mol. The molecule has 1 aliphatic rings. The van der Waals surface area contributed by atoms with Crippen LogP contribution in [0.2, 0.25) is 0 Å². The first kappa shape index (κ1) is 16.8. The number of ether oxygens (including phenoxy) is 1. The fourth-order valence-electron chi connectivity index (χ4n) is 2.57. The first-order valence-electron chi connectivity index (χ1n) is 7.46. The fraction of sp³-hybridized carbons (Fsp3) is 0.562. The zero-order valence-corrected chi connectivity index (χ0v) is 12.5. The number of alkyl halides is 3. The fourth-order valence-corrected chi connectivity index (χ4v) is 2.57. The van der Waals surface area contributed by atoms with E-state index in [1.807, 2.05) is 6.92 Å². The molecule has 1 aromatic carbocycles. The van der Waals surface area contributed by atoms with Crippen LogP contribution in [0.5, 0.6) is 0 Å². The van der Waals surface area contributed by atoms with Gasteiger partial charge < -0.3 is 9.64 Å². The van der Waals surface area contributed by atoms with E-state index in [1.165, 1.54) is 12.1 Å². The molecule has 0 bridgehead atoms. The van der Waals surface area contributed by atoms with E-state index in [9.17, 15) is 18.0 Å². The van der Waals surface area contributed by atoms with Crippen LogP contribution in [0.25, 0.3) is 0 Å². The van der Waals surface area contributed by atoms with Gasteiger partial charge in [0.05, 0.1) is 12.2 Å². The standard InChI is InChI=1S/C16H20F3NO2/c1-2-8-20(10-12-7-9-22-11-12)15(21)13-3-5-14(6-4-13)16(17,18)19/h3-6,12H,2,7-11H2,1H3. The van der Waals surface area contributed by atoms with Gasteiger partial charge in [0.1, 0.15) is 0 Å². The van der Waals surface area contributed by atoms with Crippen LogP contribution in [0.4, 0.5) is 13.2 Å². The normalized spacial score (nSPS) is 18.5. The second-order valence-corrected chi connectivity index (χ2v) is 5.56. The zero-order chi connectivity index (χ0) is 16.2. The summed E-state index contributed by atoms with van der Waals surface area (Å²) in [5, 5.41) is 0. The maximum absolute atomic E-state index is 12.6. The lowest BCUT2D eigenvalue weighted by molar-refractivity contribution is -0.137. The lowest BCUT2D eigenvalue weighted by Crippen LogP contribution is -2.36. The Morgan fingerprint density at radius 1 is 1.32 bits per heavy atom. The van der Waals surface area contributed by atoms with Crippen molar-refractivity contribution in [1.29, 1.82) is 0 Å². The van der Waals surface area contributed by atoms with E-state index < -0.39 is 11.7 Å². The van der Waals surface area contributed by atoms with Crippen LogP contribution in [0.15, 0.2) is 24.3 Å². The quantitative estimate of drug-likeness (QED) is 0.831. The van der Waals surface area contributed by atoms with Crippen molar-refractivity contribution in [2.24, 2.45) is 5.92 Å².